The normalized spacial score (nSPS) is 15.4. The number of hydrogen-bond acceptors (Lipinski definition) is 7. The molecule has 0 N–H and O–H groups in total. The molecular weight excluding hydrogens is 507 g/mol. The highest BCUT2D eigenvalue weighted by Crippen LogP contribution is 2.39. The van der Waals surface area contributed by atoms with Gasteiger partial charge in [0.25, 0.3) is 0 Å². The second kappa shape index (κ2) is 10.6. The van der Waals surface area contributed by atoms with Crippen molar-refractivity contribution in [2.75, 3.05) is 24.6 Å². The molecule has 0 radical (unpaired) electrons. The number of ether oxygens (including phenoxy) is 1. The number of benzene rings is 1. The molecule has 1 aliphatic heterocycles. The molecule has 0 amide bonds. The van der Waals surface area contributed by atoms with Gasteiger partial charge in [-0.15, -0.1) is 17.5 Å². The highest BCUT2D eigenvalue weighted by atomic mass is 35.5. The standard InChI is InChI=1S/C25H22F3N7O.ClH/c1-34-21-13-19(31-20(14-29)24(21)32-33-34)17-5-6-22(18(12-17)25(26,27)28)36-11-8-16-7-10-35(15-16)23-4-2-3-9-30-23;/h2-6,9,12-13,16H,7-8,10-11,15H2,1H3;1H. The molecule has 1 aromatic carbocycles. The van der Waals surface area contributed by atoms with Gasteiger partial charge in [-0.3, -0.25) is 0 Å². The number of rotatable bonds is 6. The molecule has 192 valence electrons. The number of aryl methyl sites for hydroxylation is 1. The zero-order valence-electron chi connectivity index (χ0n) is 19.8. The van der Waals surface area contributed by atoms with E-state index in [9.17, 15) is 18.4 Å². The Kier molecular flexibility index (Phi) is 7.50. The smallest absolute Gasteiger partial charge is 0.419 e. The zero-order chi connectivity index (χ0) is 25.3. The van der Waals surface area contributed by atoms with E-state index in [1.807, 2.05) is 24.3 Å². The molecule has 1 aliphatic rings. The Morgan fingerprint density at radius 2 is 2.03 bits per heavy atom. The van der Waals surface area contributed by atoms with Crippen molar-refractivity contribution in [3.05, 3.63) is 59.9 Å². The molecule has 0 saturated carbocycles. The summed E-state index contributed by atoms with van der Waals surface area (Å²) < 4.78 is 48.9. The van der Waals surface area contributed by atoms with Crippen LogP contribution in [-0.2, 0) is 13.2 Å². The van der Waals surface area contributed by atoms with Crippen LogP contribution in [0, 0.1) is 17.2 Å². The van der Waals surface area contributed by atoms with Gasteiger partial charge in [0.1, 0.15) is 23.2 Å². The summed E-state index contributed by atoms with van der Waals surface area (Å²) in [7, 11) is 1.64. The van der Waals surface area contributed by atoms with Crippen LogP contribution < -0.4 is 9.64 Å². The molecule has 1 fully saturated rings. The molecule has 8 nitrogen and oxygen atoms in total. The number of anilines is 1. The maximum atomic E-state index is 13.9. The van der Waals surface area contributed by atoms with Crippen LogP contribution in [0.3, 0.4) is 0 Å². The molecule has 1 unspecified atom stereocenters. The summed E-state index contributed by atoms with van der Waals surface area (Å²) in [4.78, 5) is 10.7. The number of aromatic nitrogens is 5. The quantitative estimate of drug-likeness (QED) is 0.346. The molecule has 12 heteroatoms. The van der Waals surface area contributed by atoms with Gasteiger partial charge in [0.15, 0.2) is 5.69 Å². The first-order chi connectivity index (χ1) is 17.3. The second-order valence-electron chi connectivity index (χ2n) is 8.68. The van der Waals surface area contributed by atoms with Crippen molar-refractivity contribution in [1.82, 2.24) is 25.0 Å². The van der Waals surface area contributed by atoms with E-state index in [1.165, 1.54) is 16.8 Å². The summed E-state index contributed by atoms with van der Waals surface area (Å²) in [6.45, 7) is 1.83. The third-order valence-electron chi connectivity index (χ3n) is 6.33. The van der Waals surface area contributed by atoms with Crippen LogP contribution in [-0.4, -0.2) is 44.7 Å². The molecule has 4 heterocycles. The molecule has 1 saturated heterocycles. The zero-order valence-corrected chi connectivity index (χ0v) is 20.6. The van der Waals surface area contributed by atoms with Gasteiger partial charge in [-0.25, -0.2) is 14.6 Å². The van der Waals surface area contributed by atoms with E-state index < -0.39 is 11.7 Å². The number of nitriles is 1. The largest absolute Gasteiger partial charge is 0.493 e. The van der Waals surface area contributed by atoms with Crippen LogP contribution in [0.1, 0.15) is 24.1 Å². The fourth-order valence-corrected chi connectivity index (χ4v) is 4.45. The van der Waals surface area contributed by atoms with Crippen molar-refractivity contribution < 1.29 is 17.9 Å². The Morgan fingerprint density at radius 3 is 2.76 bits per heavy atom. The van der Waals surface area contributed by atoms with Crippen molar-refractivity contribution >= 4 is 29.3 Å². The monoisotopic (exact) mass is 529 g/mol. The van der Waals surface area contributed by atoms with E-state index in [0.717, 1.165) is 31.4 Å². The minimum Gasteiger partial charge on any atom is -0.493 e. The molecule has 5 rings (SSSR count). The molecule has 0 bridgehead atoms. The molecule has 1 atom stereocenters. The van der Waals surface area contributed by atoms with Gasteiger partial charge in [0, 0.05) is 31.9 Å². The van der Waals surface area contributed by atoms with Crippen LogP contribution in [0.4, 0.5) is 19.0 Å². The molecular formula is C25H23ClF3N7O. The van der Waals surface area contributed by atoms with Gasteiger partial charge in [0.2, 0.25) is 0 Å². The first-order valence-electron chi connectivity index (χ1n) is 11.4. The Morgan fingerprint density at radius 1 is 1.19 bits per heavy atom. The summed E-state index contributed by atoms with van der Waals surface area (Å²) in [5, 5.41) is 17.2. The number of nitrogens with zero attached hydrogens (tertiary/aromatic N) is 7. The minimum absolute atomic E-state index is 0. The lowest BCUT2D eigenvalue weighted by Crippen LogP contribution is -2.21. The van der Waals surface area contributed by atoms with Crippen molar-refractivity contribution in [2.45, 2.75) is 19.0 Å². The summed E-state index contributed by atoms with van der Waals surface area (Å²) in [5.74, 6) is 0.993. The molecule has 0 spiro atoms. The van der Waals surface area contributed by atoms with Crippen molar-refractivity contribution in [2.24, 2.45) is 13.0 Å². The maximum Gasteiger partial charge on any atom is 0.419 e. The van der Waals surface area contributed by atoms with E-state index in [1.54, 1.807) is 19.3 Å². The summed E-state index contributed by atoms with van der Waals surface area (Å²) in [6, 6.07) is 13.1. The molecule has 3 aromatic heterocycles. The summed E-state index contributed by atoms with van der Waals surface area (Å²) in [5.41, 5.74) is 0.360. The maximum absolute atomic E-state index is 13.9. The van der Waals surface area contributed by atoms with Gasteiger partial charge in [-0.05, 0) is 55.2 Å². The number of halogens is 4. The van der Waals surface area contributed by atoms with E-state index in [-0.39, 0.29) is 41.7 Å². The van der Waals surface area contributed by atoms with E-state index in [0.29, 0.717) is 23.4 Å². The summed E-state index contributed by atoms with van der Waals surface area (Å²) in [6.07, 6.45) is -1.30. The van der Waals surface area contributed by atoms with E-state index in [2.05, 4.69) is 25.2 Å². The third-order valence-corrected chi connectivity index (χ3v) is 6.33. The highest BCUT2D eigenvalue weighted by molar-refractivity contribution is 5.85. The minimum atomic E-state index is -4.62. The van der Waals surface area contributed by atoms with Crippen LogP contribution >= 0.6 is 12.4 Å². The van der Waals surface area contributed by atoms with Crippen LogP contribution in [0.25, 0.3) is 22.3 Å². The van der Waals surface area contributed by atoms with E-state index in [4.69, 9.17) is 4.74 Å². The summed E-state index contributed by atoms with van der Waals surface area (Å²) >= 11 is 0. The Bertz CT molecular complexity index is 1440. The van der Waals surface area contributed by atoms with Gasteiger partial charge >= 0.3 is 6.18 Å². The fourth-order valence-electron chi connectivity index (χ4n) is 4.45. The average Bonchev–Trinajstić information content (AvgIpc) is 3.50. The van der Waals surface area contributed by atoms with Gasteiger partial charge < -0.3 is 9.64 Å². The number of fused-ring (bicyclic) bond motifs is 1. The third kappa shape index (κ3) is 5.44. The topological polar surface area (TPSA) is 92.8 Å². The number of hydrogen-bond donors (Lipinski definition) is 0. The highest BCUT2D eigenvalue weighted by Gasteiger charge is 2.35. The Hall–Kier alpha value is -3.91. The lowest BCUT2D eigenvalue weighted by Gasteiger charge is -2.18. The first kappa shape index (κ1) is 26.2. The molecule has 4 aromatic rings. The average molecular weight is 530 g/mol. The van der Waals surface area contributed by atoms with Gasteiger partial charge in [-0.1, -0.05) is 11.3 Å². The van der Waals surface area contributed by atoms with Gasteiger partial charge in [-0.2, -0.15) is 18.4 Å². The SMILES string of the molecule is Cl.Cn1nnc2c(C#N)nc(-c3ccc(OCCC4CCN(c5ccccn5)C4)c(C(F)(F)F)c3)cc21. The predicted molar refractivity (Wildman–Crippen MR) is 133 cm³/mol. The van der Waals surface area contributed by atoms with Crippen LogP contribution in [0.5, 0.6) is 5.75 Å². The molecule has 37 heavy (non-hydrogen) atoms. The van der Waals surface area contributed by atoms with Crippen LogP contribution in [0.15, 0.2) is 48.7 Å². The fraction of sp³-hybridized carbons (Fsp3) is 0.320. The van der Waals surface area contributed by atoms with Crippen LogP contribution in [0.2, 0.25) is 0 Å². The Labute approximate surface area is 217 Å². The number of pyridine rings is 2. The second-order valence-corrected chi connectivity index (χ2v) is 8.68. The van der Waals surface area contributed by atoms with Crippen molar-refractivity contribution in [3.8, 4) is 23.1 Å². The van der Waals surface area contributed by atoms with E-state index >= 15 is 0 Å². The van der Waals surface area contributed by atoms with Crippen molar-refractivity contribution in [1.29, 1.82) is 5.26 Å². The number of alkyl halides is 3. The predicted octanol–water partition coefficient (Wildman–Crippen LogP) is 5.03. The first-order valence-corrected chi connectivity index (χ1v) is 11.4. The Balaban J connectivity index is 0.00000320. The molecule has 0 aliphatic carbocycles. The lowest BCUT2D eigenvalue weighted by atomic mass is 10.0. The van der Waals surface area contributed by atoms with Gasteiger partial charge in [0.05, 0.1) is 23.4 Å². The lowest BCUT2D eigenvalue weighted by molar-refractivity contribution is -0.138. The van der Waals surface area contributed by atoms with Crippen molar-refractivity contribution in [3.63, 3.8) is 0 Å².